The van der Waals surface area contributed by atoms with Crippen LogP contribution < -0.4 is 4.90 Å². The van der Waals surface area contributed by atoms with Gasteiger partial charge < -0.3 is 4.90 Å². The van der Waals surface area contributed by atoms with Gasteiger partial charge in [0.25, 0.3) is 11.6 Å². The summed E-state index contributed by atoms with van der Waals surface area (Å²) in [7, 11) is 0. The highest BCUT2D eigenvalue weighted by Gasteiger charge is 2.32. The van der Waals surface area contributed by atoms with Crippen molar-refractivity contribution in [3.63, 3.8) is 0 Å². The molecule has 0 atom stereocenters. The largest absolute Gasteiger partial charge is 0.302 e. The van der Waals surface area contributed by atoms with Gasteiger partial charge in [0.15, 0.2) is 0 Å². The van der Waals surface area contributed by atoms with E-state index in [4.69, 9.17) is 0 Å². The Labute approximate surface area is 115 Å². The number of carbonyl (C=O) groups excluding carboxylic acids is 1. The second-order valence-corrected chi connectivity index (χ2v) is 4.61. The summed E-state index contributed by atoms with van der Waals surface area (Å²) in [6, 6.07) is 13.8. The van der Waals surface area contributed by atoms with Gasteiger partial charge in [0.1, 0.15) is 5.69 Å². The molecule has 20 heavy (non-hydrogen) atoms. The van der Waals surface area contributed by atoms with E-state index in [0.717, 1.165) is 5.56 Å². The number of anilines is 1. The summed E-state index contributed by atoms with van der Waals surface area (Å²) in [5.41, 5.74) is 1.82. The molecule has 3 rings (SSSR count). The molecular formula is C15H12N2O3. The van der Waals surface area contributed by atoms with Crippen LogP contribution in [-0.2, 0) is 6.42 Å². The van der Waals surface area contributed by atoms with Crippen molar-refractivity contribution in [2.45, 2.75) is 6.42 Å². The number of nitro groups is 1. The first-order valence-corrected chi connectivity index (χ1v) is 6.31. The maximum absolute atomic E-state index is 12.5. The third-order valence-corrected chi connectivity index (χ3v) is 3.44. The number of amides is 1. The minimum atomic E-state index is -0.435. The second kappa shape index (κ2) is 4.77. The van der Waals surface area contributed by atoms with Gasteiger partial charge in [-0.2, -0.15) is 0 Å². The Balaban J connectivity index is 2.05. The van der Waals surface area contributed by atoms with Gasteiger partial charge >= 0.3 is 0 Å². The summed E-state index contributed by atoms with van der Waals surface area (Å²) in [5.74, 6) is -0.196. The van der Waals surface area contributed by atoms with Crippen LogP contribution >= 0.6 is 0 Å². The molecular weight excluding hydrogens is 256 g/mol. The third-order valence-electron chi connectivity index (χ3n) is 3.44. The molecule has 0 radical (unpaired) electrons. The zero-order chi connectivity index (χ0) is 14.1. The molecule has 0 aromatic heterocycles. The minimum Gasteiger partial charge on any atom is -0.302 e. The number of nitro benzene ring substituents is 1. The van der Waals surface area contributed by atoms with Gasteiger partial charge in [-0.15, -0.1) is 0 Å². The molecule has 0 saturated heterocycles. The molecule has 0 aliphatic carbocycles. The summed E-state index contributed by atoms with van der Waals surface area (Å²) in [6.07, 6.45) is 0.648. The van der Waals surface area contributed by atoms with E-state index in [1.54, 1.807) is 30.3 Å². The molecule has 0 spiro atoms. The van der Waals surface area contributed by atoms with Crippen LogP contribution in [0.3, 0.4) is 0 Å². The van der Waals surface area contributed by atoms with E-state index in [1.807, 2.05) is 12.1 Å². The van der Waals surface area contributed by atoms with E-state index >= 15 is 0 Å². The quantitative estimate of drug-likeness (QED) is 0.621. The number of hydrogen-bond donors (Lipinski definition) is 0. The standard InChI is InChI=1S/C15H12N2O3/c18-15(12-5-2-1-3-6-12)16-10-9-11-7-4-8-13(14(11)16)17(19)20/h1-8H,9-10H2. The fourth-order valence-electron chi connectivity index (χ4n) is 2.52. The van der Waals surface area contributed by atoms with E-state index in [1.165, 1.54) is 11.0 Å². The Bertz CT molecular complexity index is 683. The van der Waals surface area contributed by atoms with Crippen LogP contribution in [0.4, 0.5) is 11.4 Å². The highest BCUT2D eigenvalue weighted by Crippen LogP contribution is 2.37. The lowest BCUT2D eigenvalue weighted by atomic mass is 10.1. The monoisotopic (exact) mass is 268 g/mol. The molecule has 100 valence electrons. The Morgan fingerprint density at radius 2 is 1.85 bits per heavy atom. The van der Waals surface area contributed by atoms with Crippen LogP contribution in [0.5, 0.6) is 0 Å². The van der Waals surface area contributed by atoms with E-state index < -0.39 is 4.92 Å². The average Bonchev–Trinajstić information content (AvgIpc) is 2.91. The molecule has 5 nitrogen and oxygen atoms in total. The van der Waals surface area contributed by atoms with Crippen LogP contribution in [0.15, 0.2) is 48.5 Å². The number of para-hydroxylation sites is 1. The lowest BCUT2D eigenvalue weighted by molar-refractivity contribution is -0.384. The maximum atomic E-state index is 12.5. The van der Waals surface area contributed by atoms with Crippen LogP contribution in [0.2, 0.25) is 0 Å². The van der Waals surface area contributed by atoms with E-state index in [0.29, 0.717) is 24.2 Å². The topological polar surface area (TPSA) is 63.5 Å². The van der Waals surface area contributed by atoms with E-state index in [-0.39, 0.29) is 11.6 Å². The van der Waals surface area contributed by atoms with Gasteiger partial charge in [-0.25, -0.2) is 0 Å². The third kappa shape index (κ3) is 1.93. The zero-order valence-corrected chi connectivity index (χ0v) is 10.7. The summed E-state index contributed by atoms with van der Waals surface area (Å²) in [4.78, 5) is 24.7. The minimum absolute atomic E-state index is 0.00992. The van der Waals surface area contributed by atoms with Crippen LogP contribution in [0.25, 0.3) is 0 Å². The lowest BCUT2D eigenvalue weighted by Gasteiger charge is -2.17. The van der Waals surface area contributed by atoms with Crippen LogP contribution in [-0.4, -0.2) is 17.4 Å². The van der Waals surface area contributed by atoms with Gasteiger partial charge in [-0.3, -0.25) is 14.9 Å². The summed E-state index contributed by atoms with van der Waals surface area (Å²) < 4.78 is 0. The first-order chi connectivity index (χ1) is 9.68. The molecule has 5 heteroatoms. The Kier molecular flexibility index (Phi) is 2.95. The van der Waals surface area contributed by atoms with Crippen molar-refractivity contribution in [1.29, 1.82) is 0 Å². The normalized spacial score (nSPS) is 13.1. The van der Waals surface area contributed by atoms with Crippen molar-refractivity contribution in [3.8, 4) is 0 Å². The maximum Gasteiger partial charge on any atom is 0.293 e. The number of rotatable bonds is 2. The van der Waals surface area contributed by atoms with Gasteiger partial charge in [-0.1, -0.05) is 30.3 Å². The van der Waals surface area contributed by atoms with E-state index in [9.17, 15) is 14.9 Å². The molecule has 0 saturated carbocycles. The highest BCUT2D eigenvalue weighted by atomic mass is 16.6. The van der Waals surface area contributed by atoms with Gasteiger partial charge in [0.2, 0.25) is 0 Å². The molecule has 0 bridgehead atoms. The first-order valence-electron chi connectivity index (χ1n) is 6.31. The smallest absolute Gasteiger partial charge is 0.293 e. The van der Waals surface area contributed by atoms with Crippen molar-refractivity contribution < 1.29 is 9.72 Å². The molecule has 0 unspecified atom stereocenters. The van der Waals surface area contributed by atoms with Crippen molar-refractivity contribution in [2.24, 2.45) is 0 Å². The second-order valence-electron chi connectivity index (χ2n) is 4.61. The predicted octanol–water partition coefficient (Wildman–Crippen LogP) is 2.80. The van der Waals surface area contributed by atoms with Gasteiger partial charge in [0.05, 0.1) is 4.92 Å². The molecule has 0 fully saturated rings. The molecule has 1 heterocycles. The number of nitrogens with zero attached hydrogens (tertiary/aromatic N) is 2. The van der Waals surface area contributed by atoms with Gasteiger partial charge in [-0.05, 0) is 24.1 Å². The molecule has 1 aliphatic heterocycles. The summed E-state index contributed by atoms with van der Waals surface area (Å²) in [6.45, 7) is 0.480. The number of benzene rings is 2. The molecule has 2 aromatic rings. The Morgan fingerprint density at radius 1 is 1.10 bits per heavy atom. The number of hydrogen-bond acceptors (Lipinski definition) is 3. The number of fused-ring (bicyclic) bond motifs is 1. The Morgan fingerprint density at radius 3 is 2.55 bits per heavy atom. The summed E-state index contributed by atoms with van der Waals surface area (Å²) >= 11 is 0. The fourth-order valence-corrected chi connectivity index (χ4v) is 2.52. The molecule has 2 aromatic carbocycles. The van der Waals surface area contributed by atoms with Crippen molar-refractivity contribution in [1.82, 2.24) is 0 Å². The fraction of sp³-hybridized carbons (Fsp3) is 0.133. The lowest BCUT2D eigenvalue weighted by Crippen LogP contribution is -2.29. The number of carbonyl (C=O) groups is 1. The molecule has 1 aliphatic rings. The predicted molar refractivity (Wildman–Crippen MR) is 74.9 cm³/mol. The van der Waals surface area contributed by atoms with Crippen LogP contribution in [0.1, 0.15) is 15.9 Å². The van der Waals surface area contributed by atoms with E-state index in [2.05, 4.69) is 0 Å². The highest BCUT2D eigenvalue weighted by molar-refractivity contribution is 6.08. The van der Waals surface area contributed by atoms with Crippen molar-refractivity contribution in [2.75, 3.05) is 11.4 Å². The first kappa shape index (κ1) is 12.3. The summed E-state index contributed by atoms with van der Waals surface area (Å²) in [5, 5.41) is 11.1. The molecule has 1 amide bonds. The zero-order valence-electron chi connectivity index (χ0n) is 10.7. The molecule has 0 N–H and O–H groups in total. The van der Waals surface area contributed by atoms with Crippen molar-refractivity contribution in [3.05, 3.63) is 69.8 Å². The van der Waals surface area contributed by atoms with Crippen molar-refractivity contribution >= 4 is 17.3 Å². The van der Waals surface area contributed by atoms with Crippen LogP contribution in [0, 0.1) is 10.1 Å². The average molecular weight is 268 g/mol. The Hall–Kier alpha value is -2.69. The van der Waals surface area contributed by atoms with Gasteiger partial charge in [0, 0.05) is 18.2 Å². The SMILES string of the molecule is O=C(c1ccccc1)N1CCc2cccc([N+](=O)[O-])c21.